The molecule has 2 atom stereocenters. The van der Waals surface area contributed by atoms with Crippen molar-refractivity contribution in [1.82, 2.24) is 0 Å². The third kappa shape index (κ3) is 12.2. The van der Waals surface area contributed by atoms with Crippen molar-refractivity contribution in [3.63, 3.8) is 0 Å². The van der Waals surface area contributed by atoms with Gasteiger partial charge in [0, 0.05) is 13.2 Å². The van der Waals surface area contributed by atoms with Gasteiger partial charge in [0.05, 0.1) is 0 Å². The Balaban J connectivity index is 0.950. The van der Waals surface area contributed by atoms with Crippen LogP contribution in [0.2, 0.25) is 0 Å². The number of hydrogen-bond donors (Lipinski definition) is 0. The van der Waals surface area contributed by atoms with Crippen molar-refractivity contribution in [2.24, 2.45) is 35.5 Å². The van der Waals surface area contributed by atoms with Crippen LogP contribution >= 0.6 is 0 Å². The van der Waals surface area contributed by atoms with Gasteiger partial charge in [0.1, 0.15) is 0 Å². The summed E-state index contributed by atoms with van der Waals surface area (Å²) >= 11 is 0. The average molecular weight is 567 g/mol. The minimum Gasteiger partial charge on any atom is -0.381 e. The topological polar surface area (TPSA) is 9.23 Å². The molecule has 0 saturated heterocycles. The first-order valence-corrected chi connectivity index (χ1v) is 19.2. The van der Waals surface area contributed by atoms with Crippen molar-refractivity contribution in [1.29, 1.82) is 0 Å². The molecule has 41 heavy (non-hydrogen) atoms. The first-order valence-electron chi connectivity index (χ1n) is 19.2. The fraction of sp³-hybridized carbons (Fsp3) is 0.900. The van der Waals surface area contributed by atoms with Crippen molar-refractivity contribution in [2.45, 2.75) is 181 Å². The molecular formula is C40H70O. The molecule has 236 valence electrons. The van der Waals surface area contributed by atoms with E-state index in [1.54, 1.807) is 11.1 Å². The lowest BCUT2D eigenvalue weighted by Gasteiger charge is -2.35. The first-order chi connectivity index (χ1) is 20.2. The summed E-state index contributed by atoms with van der Waals surface area (Å²) in [7, 11) is 0. The predicted molar refractivity (Wildman–Crippen MR) is 179 cm³/mol. The predicted octanol–water partition coefficient (Wildman–Crippen LogP) is 12.8. The van der Waals surface area contributed by atoms with Crippen molar-refractivity contribution < 1.29 is 4.74 Å². The molecule has 1 heteroatoms. The molecule has 4 aliphatic rings. The normalized spacial score (nSPS) is 31.1. The molecule has 0 aliphatic heterocycles. The molecule has 0 spiro atoms. The van der Waals surface area contributed by atoms with E-state index in [4.69, 9.17) is 4.74 Å². The Hall–Kier alpha value is -0.560. The van der Waals surface area contributed by atoms with Gasteiger partial charge in [-0.3, -0.25) is 0 Å². The van der Waals surface area contributed by atoms with E-state index < -0.39 is 0 Å². The van der Waals surface area contributed by atoms with Crippen LogP contribution in [0, 0.1) is 35.5 Å². The number of unbranched alkanes of at least 4 members (excludes halogenated alkanes) is 4. The highest BCUT2D eigenvalue weighted by Gasteiger charge is 2.29. The standard InChI is InChI=1S/C40H70O/c1-3-5-11-33-15-23-37(24-16-33)39-27-19-35(20-28-39)13-7-9-31-41-32-10-8-14-36-21-29-40(30-22-36)38-25-17-34(18-26-38)12-6-4-2/h19,21,33-34,37-40H,3-18,20,22-32H2,1-2H3. The van der Waals surface area contributed by atoms with Crippen LogP contribution in [0.15, 0.2) is 23.3 Å². The second-order valence-electron chi connectivity index (χ2n) is 15.2. The molecule has 0 bridgehead atoms. The molecule has 2 unspecified atom stereocenters. The maximum absolute atomic E-state index is 6.03. The van der Waals surface area contributed by atoms with Crippen molar-refractivity contribution in [2.75, 3.05) is 13.2 Å². The third-order valence-corrected chi connectivity index (χ3v) is 12.2. The van der Waals surface area contributed by atoms with Gasteiger partial charge in [0.15, 0.2) is 0 Å². The molecule has 0 aromatic carbocycles. The van der Waals surface area contributed by atoms with E-state index in [-0.39, 0.29) is 0 Å². The maximum atomic E-state index is 6.03. The van der Waals surface area contributed by atoms with Gasteiger partial charge in [-0.2, -0.15) is 0 Å². The summed E-state index contributed by atoms with van der Waals surface area (Å²) in [6.07, 6.45) is 42.5. The van der Waals surface area contributed by atoms with Crippen LogP contribution in [0.5, 0.6) is 0 Å². The largest absolute Gasteiger partial charge is 0.381 e. The Morgan fingerprint density at radius 3 is 1.32 bits per heavy atom. The lowest BCUT2D eigenvalue weighted by atomic mass is 9.70. The Bertz CT molecular complexity index is 670. The summed E-state index contributed by atoms with van der Waals surface area (Å²) in [6.45, 7) is 6.63. The zero-order valence-corrected chi connectivity index (χ0v) is 27.8. The molecule has 4 aliphatic carbocycles. The van der Waals surface area contributed by atoms with Crippen LogP contribution in [-0.4, -0.2) is 13.2 Å². The minimum absolute atomic E-state index is 0.974. The zero-order chi connectivity index (χ0) is 28.5. The quantitative estimate of drug-likeness (QED) is 0.118. The summed E-state index contributed by atoms with van der Waals surface area (Å²) in [5.41, 5.74) is 3.53. The van der Waals surface area contributed by atoms with E-state index in [0.717, 1.165) is 48.7 Å². The molecule has 0 radical (unpaired) electrons. The van der Waals surface area contributed by atoms with Crippen LogP contribution in [-0.2, 0) is 4.74 Å². The van der Waals surface area contributed by atoms with Crippen LogP contribution in [0.3, 0.4) is 0 Å². The third-order valence-electron chi connectivity index (χ3n) is 12.2. The van der Waals surface area contributed by atoms with E-state index in [9.17, 15) is 0 Å². The molecule has 2 saturated carbocycles. The Labute approximate surface area is 257 Å². The number of rotatable bonds is 18. The van der Waals surface area contributed by atoms with Crippen molar-refractivity contribution in [3.8, 4) is 0 Å². The van der Waals surface area contributed by atoms with E-state index in [1.165, 1.54) is 167 Å². The summed E-state index contributed by atoms with van der Waals surface area (Å²) in [4.78, 5) is 0. The van der Waals surface area contributed by atoms with Gasteiger partial charge in [-0.25, -0.2) is 0 Å². The van der Waals surface area contributed by atoms with Gasteiger partial charge < -0.3 is 4.74 Å². The molecular weight excluding hydrogens is 496 g/mol. The van der Waals surface area contributed by atoms with Crippen LogP contribution in [0.4, 0.5) is 0 Å². The van der Waals surface area contributed by atoms with Crippen molar-refractivity contribution >= 4 is 0 Å². The minimum atomic E-state index is 0.974. The highest BCUT2D eigenvalue weighted by atomic mass is 16.5. The molecule has 0 aromatic heterocycles. The summed E-state index contributed by atoms with van der Waals surface area (Å²) in [5.74, 6) is 6.19. The van der Waals surface area contributed by atoms with Crippen LogP contribution in [0.25, 0.3) is 0 Å². The van der Waals surface area contributed by atoms with E-state index in [2.05, 4.69) is 26.0 Å². The van der Waals surface area contributed by atoms with Gasteiger partial charge in [0.2, 0.25) is 0 Å². The lowest BCUT2D eigenvalue weighted by molar-refractivity contribution is 0.126. The van der Waals surface area contributed by atoms with Crippen molar-refractivity contribution in [3.05, 3.63) is 23.3 Å². The summed E-state index contributed by atoms with van der Waals surface area (Å²) in [6, 6.07) is 0. The number of allylic oxidation sites excluding steroid dienone is 4. The fourth-order valence-corrected chi connectivity index (χ4v) is 9.22. The van der Waals surface area contributed by atoms with Gasteiger partial charge in [0.25, 0.3) is 0 Å². The van der Waals surface area contributed by atoms with Gasteiger partial charge >= 0.3 is 0 Å². The van der Waals surface area contributed by atoms with Gasteiger partial charge in [-0.1, -0.05) is 101 Å². The fourth-order valence-electron chi connectivity index (χ4n) is 9.22. The van der Waals surface area contributed by atoms with Crippen LogP contribution < -0.4 is 0 Å². The van der Waals surface area contributed by atoms with Crippen LogP contribution in [0.1, 0.15) is 181 Å². The molecule has 0 heterocycles. The average Bonchev–Trinajstić information content (AvgIpc) is 3.03. The Kier molecular flexibility index (Phi) is 16.0. The van der Waals surface area contributed by atoms with Gasteiger partial charge in [-0.15, -0.1) is 0 Å². The smallest absolute Gasteiger partial charge is 0.0466 e. The molecule has 0 amide bonds. The Morgan fingerprint density at radius 1 is 0.512 bits per heavy atom. The summed E-state index contributed by atoms with van der Waals surface area (Å²) < 4.78 is 6.03. The van der Waals surface area contributed by atoms with Gasteiger partial charge in [-0.05, 0) is 138 Å². The molecule has 2 fully saturated rings. The molecule has 0 N–H and O–H groups in total. The first kappa shape index (κ1) is 33.3. The Morgan fingerprint density at radius 2 is 0.951 bits per heavy atom. The van der Waals surface area contributed by atoms with E-state index in [1.807, 2.05) is 0 Å². The zero-order valence-electron chi connectivity index (χ0n) is 27.8. The maximum Gasteiger partial charge on any atom is 0.0466 e. The number of ether oxygens (including phenoxy) is 1. The molecule has 1 nitrogen and oxygen atoms in total. The second-order valence-corrected chi connectivity index (χ2v) is 15.2. The second kappa shape index (κ2) is 19.7. The molecule has 4 rings (SSSR count). The highest BCUT2D eigenvalue weighted by molar-refractivity contribution is 5.08. The highest BCUT2D eigenvalue weighted by Crippen LogP contribution is 2.42. The monoisotopic (exact) mass is 567 g/mol. The van der Waals surface area contributed by atoms with E-state index >= 15 is 0 Å². The number of hydrogen-bond acceptors (Lipinski definition) is 1. The lowest BCUT2D eigenvalue weighted by Crippen LogP contribution is -2.23. The SMILES string of the molecule is CCCCC1CCC(C2CC=C(CCCCOCCCCC3=CCC(C4CCC(CCCC)CC4)CC3)CC2)CC1. The molecule has 0 aromatic rings. The van der Waals surface area contributed by atoms with E-state index in [0.29, 0.717) is 0 Å². The summed E-state index contributed by atoms with van der Waals surface area (Å²) in [5, 5.41) is 0.